The van der Waals surface area contributed by atoms with E-state index >= 15 is 0 Å². The molecule has 0 amide bonds. The first-order valence-corrected chi connectivity index (χ1v) is 6.77. The average Bonchev–Trinajstić information content (AvgIpc) is 2.47. The van der Waals surface area contributed by atoms with Crippen LogP contribution in [-0.4, -0.2) is 19.8 Å². The lowest BCUT2D eigenvalue weighted by Crippen LogP contribution is -2.22. The molecule has 0 aliphatic carbocycles. The van der Waals surface area contributed by atoms with E-state index in [2.05, 4.69) is 6.07 Å². The van der Waals surface area contributed by atoms with Crippen molar-refractivity contribution in [1.82, 2.24) is 0 Å². The molecule has 0 saturated carbocycles. The molecule has 2 aliphatic heterocycles. The third kappa shape index (κ3) is 2.36. The van der Waals surface area contributed by atoms with Crippen molar-refractivity contribution in [1.29, 1.82) is 5.26 Å². The largest absolute Gasteiger partial charge is 0.486 e. The van der Waals surface area contributed by atoms with Gasteiger partial charge >= 0.3 is 0 Å². The number of benzene rings is 1. The smallest absolute Gasteiger partial charge is 0.179 e. The summed E-state index contributed by atoms with van der Waals surface area (Å²) in [5.74, 6) is 1.09. The van der Waals surface area contributed by atoms with Crippen molar-refractivity contribution >= 4 is 11.6 Å². The lowest BCUT2D eigenvalue weighted by Gasteiger charge is -2.29. The highest BCUT2D eigenvalue weighted by molar-refractivity contribution is 6.32. The quantitative estimate of drug-likeness (QED) is 0.793. The van der Waals surface area contributed by atoms with Crippen LogP contribution in [0.5, 0.6) is 11.5 Å². The van der Waals surface area contributed by atoms with E-state index in [4.69, 9.17) is 25.8 Å². The van der Waals surface area contributed by atoms with Crippen molar-refractivity contribution in [2.24, 2.45) is 5.92 Å². The molecule has 4 nitrogen and oxygen atoms in total. The molecular weight excluding hydrogens is 266 g/mol. The normalized spacial score (nSPS) is 25.7. The van der Waals surface area contributed by atoms with E-state index in [1.807, 2.05) is 12.1 Å². The fourth-order valence-electron chi connectivity index (χ4n) is 2.54. The van der Waals surface area contributed by atoms with Crippen molar-refractivity contribution in [3.05, 3.63) is 22.7 Å². The highest BCUT2D eigenvalue weighted by atomic mass is 35.5. The van der Waals surface area contributed by atoms with Crippen molar-refractivity contribution in [3.8, 4) is 17.6 Å². The summed E-state index contributed by atoms with van der Waals surface area (Å²) in [6, 6.07) is 6.00. The van der Waals surface area contributed by atoms with E-state index < -0.39 is 0 Å². The molecule has 0 N–H and O–H groups in total. The first kappa shape index (κ1) is 12.6. The molecule has 1 aromatic carbocycles. The Morgan fingerprint density at radius 1 is 1.21 bits per heavy atom. The number of ether oxygens (including phenoxy) is 3. The summed E-state index contributed by atoms with van der Waals surface area (Å²) >= 11 is 6.21. The Kier molecular flexibility index (Phi) is 3.50. The van der Waals surface area contributed by atoms with E-state index in [9.17, 15) is 5.26 Å². The van der Waals surface area contributed by atoms with Gasteiger partial charge in [-0.2, -0.15) is 5.26 Å². The van der Waals surface area contributed by atoms with Gasteiger partial charge in [0.15, 0.2) is 11.5 Å². The molecule has 1 fully saturated rings. The molecule has 2 unspecified atom stereocenters. The van der Waals surface area contributed by atoms with Gasteiger partial charge in [0.25, 0.3) is 0 Å². The number of hydrogen-bond donors (Lipinski definition) is 0. The van der Waals surface area contributed by atoms with Crippen molar-refractivity contribution in [2.45, 2.75) is 18.9 Å². The van der Waals surface area contributed by atoms with Crippen LogP contribution in [0, 0.1) is 17.2 Å². The molecule has 3 rings (SSSR count). The maximum absolute atomic E-state index is 9.21. The van der Waals surface area contributed by atoms with Crippen LogP contribution in [0.4, 0.5) is 0 Å². The number of nitriles is 1. The standard InChI is InChI=1S/C14H14ClNO3/c15-11-6-10(7-12-14(11)19-5-4-17-12)13-9(8-16)2-1-3-18-13/h6-7,9,13H,1-5H2. The SMILES string of the molecule is N#CC1CCCOC1c1cc(Cl)c2c(c1)OCCO2. The van der Waals surface area contributed by atoms with E-state index in [-0.39, 0.29) is 12.0 Å². The summed E-state index contributed by atoms with van der Waals surface area (Å²) in [6.45, 7) is 1.70. The van der Waals surface area contributed by atoms with Gasteiger partial charge in [-0.15, -0.1) is 0 Å². The lowest BCUT2D eigenvalue weighted by atomic mass is 9.90. The van der Waals surface area contributed by atoms with Crippen LogP contribution in [0.3, 0.4) is 0 Å². The fourth-order valence-corrected chi connectivity index (χ4v) is 2.81. The summed E-state index contributed by atoms with van der Waals surface area (Å²) < 4.78 is 16.8. The molecule has 0 radical (unpaired) electrons. The zero-order valence-corrected chi connectivity index (χ0v) is 11.2. The first-order valence-electron chi connectivity index (χ1n) is 6.40. The van der Waals surface area contributed by atoms with Crippen molar-refractivity contribution in [2.75, 3.05) is 19.8 Å². The molecule has 0 bridgehead atoms. The molecule has 1 aromatic rings. The van der Waals surface area contributed by atoms with Crippen molar-refractivity contribution in [3.63, 3.8) is 0 Å². The number of hydrogen-bond acceptors (Lipinski definition) is 4. The fraction of sp³-hybridized carbons (Fsp3) is 0.500. The number of rotatable bonds is 1. The third-order valence-electron chi connectivity index (χ3n) is 3.44. The topological polar surface area (TPSA) is 51.5 Å². The van der Waals surface area contributed by atoms with Crippen LogP contribution in [0.15, 0.2) is 12.1 Å². The van der Waals surface area contributed by atoms with E-state index in [0.717, 1.165) is 18.4 Å². The molecule has 100 valence electrons. The molecule has 2 aliphatic rings. The van der Waals surface area contributed by atoms with Gasteiger partial charge in [-0.1, -0.05) is 11.6 Å². The van der Waals surface area contributed by atoms with Gasteiger partial charge in [0.2, 0.25) is 0 Å². The zero-order chi connectivity index (χ0) is 13.2. The maximum Gasteiger partial charge on any atom is 0.179 e. The van der Waals surface area contributed by atoms with Gasteiger partial charge in [0.1, 0.15) is 13.2 Å². The van der Waals surface area contributed by atoms with Crippen LogP contribution in [-0.2, 0) is 4.74 Å². The Morgan fingerprint density at radius 3 is 2.89 bits per heavy atom. The van der Waals surface area contributed by atoms with Gasteiger partial charge < -0.3 is 14.2 Å². The summed E-state index contributed by atoms with van der Waals surface area (Å²) in [4.78, 5) is 0. The molecule has 5 heteroatoms. The predicted octanol–water partition coefficient (Wildman–Crippen LogP) is 3.10. The Balaban J connectivity index is 1.96. The van der Waals surface area contributed by atoms with Gasteiger partial charge in [0, 0.05) is 6.61 Å². The molecule has 2 atom stereocenters. The van der Waals surface area contributed by atoms with Gasteiger partial charge in [-0.05, 0) is 30.5 Å². The molecule has 0 aromatic heterocycles. The highest BCUT2D eigenvalue weighted by Gasteiger charge is 2.29. The number of nitrogens with zero attached hydrogens (tertiary/aromatic N) is 1. The maximum atomic E-state index is 9.21. The molecule has 0 spiro atoms. The third-order valence-corrected chi connectivity index (χ3v) is 3.72. The highest BCUT2D eigenvalue weighted by Crippen LogP contribution is 2.42. The van der Waals surface area contributed by atoms with Gasteiger partial charge in [0.05, 0.1) is 23.1 Å². The monoisotopic (exact) mass is 279 g/mol. The molecule has 19 heavy (non-hydrogen) atoms. The molecule has 2 heterocycles. The molecular formula is C14H14ClNO3. The van der Waals surface area contributed by atoms with Gasteiger partial charge in [-0.3, -0.25) is 0 Å². The van der Waals surface area contributed by atoms with Crippen LogP contribution in [0.2, 0.25) is 5.02 Å². The van der Waals surface area contributed by atoms with Gasteiger partial charge in [-0.25, -0.2) is 0 Å². The Bertz CT molecular complexity index is 526. The summed E-state index contributed by atoms with van der Waals surface area (Å²) in [7, 11) is 0. The zero-order valence-electron chi connectivity index (χ0n) is 10.4. The summed E-state index contributed by atoms with van der Waals surface area (Å²) in [5, 5.41) is 9.72. The molecule has 1 saturated heterocycles. The summed E-state index contributed by atoms with van der Waals surface area (Å²) in [5.41, 5.74) is 0.889. The number of fused-ring (bicyclic) bond motifs is 1. The Morgan fingerprint density at radius 2 is 2.05 bits per heavy atom. The van der Waals surface area contributed by atoms with Crippen LogP contribution in [0.1, 0.15) is 24.5 Å². The second-order valence-corrected chi connectivity index (χ2v) is 5.10. The Hall–Kier alpha value is -1.44. The van der Waals surface area contributed by atoms with Crippen molar-refractivity contribution < 1.29 is 14.2 Å². The van der Waals surface area contributed by atoms with E-state index in [0.29, 0.717) is 36.3 Å². The minimum atomic E-state index is -0.230. The second kappa shape index (κ2) is 5.28. The minimum absolute atomic E-state index is 0.132. The average molecular weight is 280 g/mol. The first-order chi connectivity index (χ1) is 9.29. The number of halogens is 1. The van der Waals surface area contributed by atoms with E-state index in [1.54, 1.807) is 0 Å². The predicted molar refractivity (Wildman–Crippen MR) is 69.5 cm³/mol. The van der Waals surface area contributed by atoms with E-state index in [1.165, 1.54) is 0 Å². The Labute approximate surface area is 116 Å². The van der Waals surface area contributed by atoms with Crippen LogP contribution < -0.4 is 9.47 Å². The lowest BCUT2D eigenvalue weighted by molar-refractivity contribution is -0.0104. The van der Waals surface area contributed by atoms with Crippen LogP contribution >= 0.6 is 11.6 Å². The van der Waals surface area contributed by atoms with Crippen LogP contribution in [0.25, 0.3) is 0 Å². The second-order valence-electron chi connectivity index (χ2n) is 4.70. The minimum Gasteiger partial charge on any atom is -0.486 e. The summed E-state index contributed by atoms with van der Waals surface area (Å²) in [6.07, 6.45) is 1.55.